The van der Waals surface area contributed by atoms with E-state index in [1.165, 1.54) is 5.56 Å². The number of hydrogen-bond donors (Lipinski definition) is 0. The fraction of sp³-hybridized carbons (Fsp3) is 0.0690. The summed E-state index contributed by atoms with van der Waals surface area (Å²) in [4.78, 5) is 0. The Kier molecular flexibility index (Phi) is 5.77. The topological polar surface area (TPSA) is 45.5 Å². The molecular formula is C29H23N4+. The quantitative estimate of drug-likeness (QED) is 0.337. The minimum atomic E-state index is 0.679. The maximum Gasteiger partial charge on any atom is 0.314 e. The van der Waals surface area contributed by atoms with Crippen molar-refractivity contribution in [3.8, 4) is 28.8 Å². The third-order valence-electron chi connectivity index (χ3n) is 5.68. The highest BCUT2D eigenvalue weighted by atomic mass is 15.4. The first-order valence-electron chi connectivity index (χ1n) is 11.0. The fourth-order valence-corrected chi connectivity index (χ4v) is 4.03. The monoisotopic (exact) mass is 427 g/mol. The average Bonchev–Trinajstić information content (AvgIpc) is 3.29. The van der Waals surface area contributed by atoms with Crippen LogP contribution in [0.15, 0.2) is 115 Å². The molecule has 0 N–H and O–H groups in total. The Hall–Kier alpha value is -4.49. The fourth-order valence-electron chi connectivity index (χ4n) is 4.03. The molecule has 5 rings (SSSR count). The number of nitriles is 1. The first-order valence-corrected chi connectivity index (χ1v) is 11.0. The van der Waals surface area contributed by atoms with Crippen LogP contribution in [0.3, 0.4) is 0 Å². The maximum atomic E-state index is 9.11. The van der Waals surface area contributed by atoms with E-state index in [-0.39, 0.29) is 0 Å². The van der Waals surface area contributed by atoms with Crippen LogP contribution < -0.4 is 4.57 Å². The number of aryl methyl sites for hydroxylation is 1. The number of rotatable bonds is 6. The molecule has 0 amide bonds. The minimum absolute atomic E-state index is 0.679. The Labute approximate surface area is 193 Å². The molecule has 0 aliphatic carbocycles. The van der Waals surface area contributed by atoms with Crippen LogP contribution in [0.5, 0.6) is 0 Å². The van der Waals surface area contributed by atoms with Gasteiger partial charge in [-0.25, -0.2) is 0 Å². The van der Waals surface area contributed by atoms with Crippen molar-refractivity contribution in [1.82, 2.24) is 9.78 Å². The van der Waals surface area contributed by atoms with Crippen LogP contribution >= 0.6 is 0 Å². The average molecular weight is 428 g/mol. The van der Waals surface area contributed by atoms with Crippen molar-refractivity contribution in [1.29, 1.82) is 5.26 Å². The smallest absolute Gasteiger partial charge is 0.193 e. The molecule has 4 heteroatoms. The first-order chi connectivity index (χ1) is 16.3. The molecule has 0 aliphatic heterocycles. The van der Waals surface area contributed by atoms with Crippen molar-refractivity contribution < 1.29 is 4.57 Å². The summed E-state index contributed by atoms with van der Waals surface area (Å²) in [6, 6.07) is 41.0. The van der Waals surface area contributed by atoms with Gasteiger partial charge in [0.25, 0.3) is 0 Å². The van der Waals surface area contributed by atoms with Gasteiger partial charge in [-0.2, -0.15) is 9.83 Å². The molecule has 1 aromatic heterocycles. The van der Waals surface area contributed by atoms with Crippen molar-refractivity contribution in [2.75, 3.05) is 0 Å². The van der Waals surface area contributed by atoms with Crippen molar-refractivity contribution in [2.24, 2.45) is 0 Å². The second-order valence-corrected chi connectivity index (χ2v) is 7.83. The van der Waals surface area contributed by atoms with Crippen LogP contribution in [0, 0.1) is 11.3 Å². The molecule has 158 valence electrons. The van der Waals surface area contributed by atoms with E-state index in [4.69, 9.17) is 10.4 Å². The van der Waals surface area contributed by atoms with Crippen LogP contribution in [0.4, 0.5) is 0 Å². The zero-order valence-electron chi connectivity index (χ0n) is 18.2. The molecule has 4 aromatic carbocycles. The highest BCUT2D eigenvalue weighted by Gasteiger charge is 2.29. The Morgan fingerprint density at radius 2 is 1.30 bits per heavy atom. The van der Waals surface area contributed by atoms with E-state index in [0.717, 1.165) is 41.4 Å². The minimum Gasteiger partial charge on any atom is -0.193 e. The summed E-state index contributed by atoms with van der Waals surface area (Å²) in [6.45, 7) is 0. The molecule has 0 fully saturated rings. The third kappa shape index (κ3) is 4.30. The molecule has 0 saturated carbocycles. The van der Waals surface area contributed by atoms with E-state index in [9.17, 15) is 0 Å². The van der Waals surface area contributed by atoms with Gasteiger partial charge in [0.2, 0.25) is 5.82 Å². The second kappa shape index (κ2) is 9.33. The number of aromatic nitrogens is 3. The van der Waals surface area contributed by atoms with Gasteiger partial charge in [0, 0.05) is 6.42 Å². The van der Waals surface area contributed by atoms with Gasteiger partial charge in [0.1, 0.15) is 11.4 Å². The molecule has 0 saturated heterocycles. The Bertz CT molecular complexity index is 1380. The summed E-state index contributed by atoms with van der Waals surface area (Å²) in [5.74, 6) is 2.00. The molecule has 0 radical (unpaired) electrons. The first kappa shape index (κ1) is 20.4. The van der Waals surface area contributed by atoms with E-state index < -0.39 is 0 Å². The molecule has 33 heavy (non-hydrogen) atoms. The third-order valence-corrected chi connectivity index (χ3v) is 5.68. The van der Waals surface area contributed by atoms with Crippen LogP contribution in [0.1, 0.15) is 17.0 Å². The van der Waals surface area contributed by atoms with Gasteiger partial charge in [0.15, 0.2) is 0 Å². The van der Waals surface area contributed by atoms with Crippen molar-refractivity contribution in [2.45, 2.75) is 12.8 Å². The Balaban J connectivity index is 1.67. The van der Waals surface area contributed by atoms with Gasteiger partial charge in [-0.1, -0.05) is 71.4 Å². The predicted molar refractivity (Wildman–Crippen MR) is 129 cm³/mol. The Morgan fingerprint density at radius 1 is 0.697 bits per heavy atom. The van der Waals surface area contributed by atoms with Gasteiger partial charge >= 0.3 is 5.82 Å². The molecule has 0 bridgehead atoms. The van der Waals surface area contributed by atoms with Gasteiger partial charge in [-0.15, -0.1) is 0 Å². The summed E-state index contributed by atoms with van der Waals surface area (Å²) in [5.41, 5.74) is 5.04. The molecule has 0 aliphatic rings. The van der Waals surface area contributed by atoms with Gasteiger partial charge in [0.05, 0.1) is 22.3 Å². The molecular weight excluding hydrogens is 404 g/mol. The summed E-state index contributed by atoms with van der Waals surface area (Å²) in [6.07, 6.45) is 1.63. The standard InChI is InChI=1S/C29H23N4/c30-22-24-18-16-23(17-19-24)20-21-28-32(26-12-6-2-7-13-26)29(25-10-4-1-5-11-25)31-33(28)27-14-8-3-9-15-27/h1-19H,20-21H2/q+1. The molecule has 5 aromatic rings. The molecule has 1 heterocycles. The zero-order valence-corrected chi connectivity index (χ0v) is 18.2. The lowest BCUT2D eigenvalue weighted by Crippen LogP contribution is -2.37. The molecule has 0 unspecified atom stereocenters. The Morgan fingerprint density at radius 3 is 1.94 bits per heavy atom. The highest BCUT2D eigenvalue weighted by Crippen LogP contribution is 2.20. The van der Waals surface area contributed by atoms with E-state index in [0.29, 0.717) is 5.56 Å². The summed E-state index contributed by atoms with van der Waals surface area (Å²) in [5, 5.41) is 14.2. The second-order valence-electron chi connectivity index (χ2n) is 7.83. The lowest BCUT2D eigenvalue weighted by Gasteiger charge is -2.07. The summed E-state index contributed by atoms with van der Waals surface area (Å²) < 4.78 is 4.31. The molecule has 0 spiro atoms. The predicted octanol–water partition coefficient (Wildman–Crippen LogP) is 5.47. The zero-order chi connectivity index (χ0) is 22.5. The molecule has 4 nitrogen and oxygen atoms in total. The summed E-state index contributed by atoms with van der Waals surface area (Å²) >= 11 is 0. The van der Waals surface area contributed by atoms with Crippen molar-refractivity contribution in [3.05, 3.63) is 132 Å². The number of nitrogens with zero attached hydrogens (tertiary/aromatic N) is 4. The van der Waals surface area contributed by atoms with Gasteiger partial charge in [-0.05, 0) is 60.5 Å². The lowest BCUT2D eigenvalue weighted by molar-refractivity contribution is -0.593. The van der Waals surface area contributed by atoms with Crippen LogP contribution in [-0.2, 0) is 12.8 Å². The number of para-hydroxylation sites is 2. The maximum absolute atomic E-state index is 9.11. The SMILES string of the molecule is N#Cc1ccc(CCc2n(-c3ccccc3)nc(-c3ccccc3)[n+]2-c2ccccc2)cc1. The van der Waals surface area contributed by atoms with Crippen LogP contribution in [0.25, 0.3) is 22.8 Å². The number of hydrogen-bond acceptors (Lipinski definition) is 2. The number of benzene rings is 4. The largest absolute Gasteiger partial charge is 0.314 e. The highest BCUT2D eigenvalue weighted by molar-refractivity contribution is 5.53. The van der Waals surface area contributed by atoms with Crippen LogP contribution in [-0.4, -0.2) is 9.78 Å². The normalized spacial score (nSPS) is 10.6. The molecule has 0 atom stereocenters. The summed E-state index contributed by atoms with van der Waals surface area (Å²) in [7, 11) is 0. The van der Waals surface area contributed by atoms with E-state index in [1.807, 2.05) is 66.7 Å². The van der Waals surface area contributed by atoms with E-state index >= 15 is 0 Å². The van der Waals surface area contributed by atoms with Crippen LogP contribution in [0.2, 0.25) is 0 Å². The van der Waals surface area contributed by atoms with Crippen molar-refractivity contribution >= 4 is 0 Å². The van der Waals surface area contributed by atoms with Crippen molar-refractivity contribution in [3.63, 3.8) is 0 Å². The van der Waals surface area contributed by atoms with E-state index in [1.54, 1.807) is 0 Å². The lowest BCUT2D eigenvalue weighted by atomic mass is 10.1. The van der Waals surface area contributed by atoms with Gasteiger partial charge in [-0.3, -0.25) is 0 Å². The van der Waals surface area contributed by atoms with E-state index in [2.05, 4.69) is 63.8 Å². The van der Waals surface area contributed by atoms with Gasteiger partial charge < -0.3 is 0 Å².